The lowest BCUT2D eigenvalue weighted by molar-refractivity contribution is -0.138. The number of benzene rings is 1. The van der Waals surface area contributed by atoms with Gasteiger partial charge in [0.05, 0.1) is 47.5 Å². The second kappa shape index (κ2) is 10.2. The zero-order valence-electron chi connectivity index (χ0n) is 17.2. The molecule has 0 atom stereocenters. The van der Waals surface area contributed by atoms with Gasteiger partial charge in [-0.05, 0) is 39.7 Å². The molecule has 2 amide bonds. The van der Waals surface area contributed by atoms with Crippen LogP contribution in [0.3, 0.4) is 0 Å². The topological polar surface area (TPSA) is 105 Å². The zero-order chi connectivity index (χ0) is 24.2. The third-order valence-electron chi connectivity index (χ3n) is 4.99. The predicted octanol–water partition coefficient (Wildman–Crippen LogP) is 2.85. The Balaban J connectivity index is 1.51. The number of carboxylic acid groups (broad SMARTS) is 1. The number of carbonyl (C=O) groups is 3. The fraction of sp³-hybridized carbons (Fsp3) is 0.333. The molecule has 2 aromatic rings. The van der Waals surface area contributed by atoms with E-state index in [0.29, 0.717) is 28.8 Å². The number of nitrogens with one attached hydrogen (secondary N) is 1. The molecule has 0 saturated carbocycles. The fourth-order valence-corrected chi connectivity index (χ4v) is 3.84. The molecular weight excluding hydrogens is 509 g/mol. The maximum absolute atomic E-state index is 12.6. The number of halogens is 4. The Kier molecular flexibility index (Phi) is 7.57. The van der Waals surface area contributed by atoms with E-state index in [9.17, 15) is 27.6 Å². The Morgan fingerprint density at radius 1 is 1.18 bits per heavy atom. The molecule has 0 aliphatic carbocycles. The molecular formula is C21H20BrF3N4O4. The van der Waals surface area contributed by atoms with Crippen molar-refractivity contribution in [2.75, 3.05) is 13.1 Å². The van der Waals surface area contributed by atoms with Crippen molar-refractivity contribution < 1.29 is 32.7 Å². The summed E-state index contributed by atoms with van der Waals surface area (Å²) in [7, 11) is 0. The number of carbonyl (C=O) groups excluding carboxylic acids is 2. The van der Waals surface area contributed by atoms with E-state index in [1.54, 1.807) is 9.58 Å². The van der Waals surface area contributed by atoms with Gasteiger partial charge in [0.15, 0.2) is 0 Å². The van der Waals surface area contributed by atoms with E-state index in [1.807, 2.05) is 0 Å². The molecule has 1 aromatic carbocycles. The average Bonchev–Trinajstić information content (AvgIpc) is 3.09. The van der Waals surface area contributed by atoms with E-state index in [1.165, 1.54) is 18.2 Å². The third kappa shape index (κ3) is 6.44. The number of aryl methyl sites for hydroxylation is 1. The van der Waals surface area contributed by atoms with Gasteiger partial charge in [-0.1, -0.05) is 12.1 Å². The molecule has 0 saturated heterocycles. The summed E-state index contributed by atoms with van der Waals surface area (Å²) in [5.74, 6) is -1.78. The molecule has 1 aromatic heterocycles. The molecule has 2 N–H and O–H groups in total. The van der Waals surface area contributed by atoms with Crippen LogP contribution in [0.15, 0.2) is 34.8 Å². The van der Waals surface area contributed by atoms with Crippen LogP contribution < -0.4 is 5.32 Å². The quantitative estimate of drug-likeness (QED) is 0.537. The van der Waals surface area contributed by atoms with Crippen molar-refractivity contribution in [3.05, 3.63) is 57.3 Å². The average molecular weight is 529 g/mol. The molecule has 0 spiro atoms. The first kappa shape index (κ1) is 24.5. The summed E-state index contributed by atoms with van der Waals surface area (Å²) in [6.07, 6.45) is -1.71. The third-order valence-corrected chi connectivity index (χ3v) is 5.90. The number of alkyl halides is 3. The molecule has 176 valence electrons. The highest BCUT2D eigenvalue weighted by molar-refractivity contribution is 9.10. The summed E-state index contributed by atoms with van der Waals surface area (Å²) in [5, 5.41) is 15.7. The van der Waals surface area contributed by atoms with Gasteiger partial charge in [-0.25, -0.2) is 0 Å². The number of nitrogens with zero attached hydrogens (tertiary/aromatic N) is 3. The van der Waals surface area contributed by atoms with Crippen LogP contribution in [-0.2, 0) is 40.1 Å². The number of aliphatic carboxylic acids is 1. The molecule has 1 aliphatic heterocycles. The normalized spacial score (nSPS) is 13.8. The highest BCUT2D eigenvalue weighted by Crippen LogP contribution is 2.29. The van der Waals surface area contributed by atoms with Gasteiger partial charge in [0, 0.05) is 19.0 Å². The van der Waals surface area contributed by atoms with Crippen LogP contribution in [0.4, 0.5) is 13.2 Å². The van der Waals surface area contributed by atoms with Gasteiger partial charge in [0.1, 0.15) is 0 Å². The van der Waals surface area contributed by atoms with Crippen molar-refractivity contribution in [1.82, 2.24) is 20.0 Å². The Morgan fingerprint density at radius 3 is 2.52 bits per heavy atom. The van der Waals surface area contributed by atoms with E-state index in [4.69, 9.17) is 5.11 Å². The first-order valence-electron chi connectivity index (χ1n) is 9.91. The maximum atomic E-state index is 12.6. The molecule has 0 fully saturated rings. The SMILES string of the molecule is O=C(O)CCc1nn2c(c1Br)CN(C(=O)CNC(=O)/C=C/c1ccc(C(F)(F)F)cc1)CC2. The largest absolute Gasteiger partial charge is 0.481 e. The monoisotopic (exact) mass is 528 g/mol. The van der Waals surface area contributed by atoms with Crippen molar-refractivity contribution in [3.63, 3.8) is 0 Å². The van der Waals surface area contributed by atoms with Crippen LogP contribution in [-0.4, -0.2) is 50.7 Å². The smallest absolute Gasteiger partial charge is 0.416 e. The van der Waals surface area contributed by atoms with Crippen molar-refractivity contribution in [3.8, 4) is 0 Å². The first-order valence-corrected chi connectivity index (χ1v) is 10.7. The lowest BCUT2D eigenvalue weighted by Gasteiger charge is -2.28. The molecule has 12 heteroatoms. The fourth-order valence-electron chi connectivity index (χ4n) is 3.23. The van der Waals surface area contributed by atoms with Crippen LogP contribution in [0.2, 0.25) is 0 Å². The van der Waals surface area contributed by atoms with Crippen molar-refractivity contribution in [2.24, 2.45) is 0 Å². The molecule has 2 heterocycles. The molecule has 8 nitrogen and oxygen atoms in total. The van der Waals surface area contributed by atoms with Crippen LogP contribution >= 0.6 is 15.9 Å². The number of hydrogen-bond acceptors (Lipinski definition) is 4. The second-order valence-electron chi connectivity index (χ2n) is 7.31. The number of carboxylic acids is 1. The van der Waals surface area contributed by atoms with Gasteiger partial charge in [-0.2, -0.15) is 18.3 Å². The lowest BCUT2D eigenvalue weighted by atomic mass is 10.1. The number of amides is 2. The lowest BCUT2D eigenvalue weighted by Crippen LogP contribution is -2.43. The summed E-state index contributed by atoms with van der Waals surface area (Å²) >= 11 is 3.43. The highest BCUT2D eigenvalue weighted by atomic mass is 79.9. The van der Waals surface area contributed by atoms with Crippen LogP contribution in [0.5, 0.6) is 0 Å². The number of fused-ring (bicyclic) bond motifs is 1. The predicted molar refractivity (Wildman–Crippen MR) is 115 cm³/mol. The molecule has 0 bridgehead atoms. The van der Waals surface area contributed by atoms with Gasteiger partial charge in [0.25, 0.3) is 0 Å². The first-order chi connectivity index (χ1) is 15.5. The zero-order valence-corrected chi connectivity index (χ0v) is 18.8. The summed E-state index contributed by atoms with van der Waals surface area (Å²) in [6.45, 7) is 0.842. The number of hydrogen-bond donors (Lipinski definition) is 2. The molecule has 3 rings (SSSR count). The van der Waals surface area contributed by atoms with Crippen molar-refractivity contribution in [2.45, 2.75) is 32.1 Å². The highest BCUT2D eigenvalue weighted by Gasteiger charge is 2.30. The van der Waals surface area contributed by atoms with E-state index in [0.717, 1.165) is 23.9 Å². The second-order valence-corrected chi connectivity index (χ2v) is 8.10. The van der Waals surface area contributed by atoms with Gasteiger partial charge >= 0.3 is 12.1 Å². The van der Waals surface area contributed by atoms with E-state index < -0.39 is 23.6 Å². The number of rotatable bonds is 7. The Morgan fingerprint density at radius 2 is 1.88 bits per heavy atom. The van der Waals surface area contributed by atoms with E-state index >= 15 is 0 Å². The van der Waals surface area contributed by atoms with Gasteiger partial charge in [-0.15, -0.1) is 0 Å². The summed E-state index contributed by atoms with van der Waals surface area (Å²) in [6, 6.07) is 4.34. The molecule has 0 unspecified atom stereocenters. The summed E-state index contributed by atoms with van der Waals surface area (Å²) in [4.78, 5) is 36.9. The Hall–Kier alpha value is -3.15. The van der Waals surface area contributed by atoms with Crippen molar-refractivity contribution in [1.29, 1.82) is 0 Å². The molecule has 0 radical (unpaired) electrons. The Bertz CT molecular complexity index is 1080. The molecule has 1 aliphatic rings. The minimum atomic E-state index is -4.43. The minimum absolute atomic E-state index is 0.0519. The maximum Gasteiger partial charge on any atom is 0.416 e. The van der Waals surface area contributed by atoms with Gasteiger partial charge in [0.2, 0.25) is 11.8 Å². The Labute approximate surface area is 195 Å². The van der Waals surface area contributed by atoms with E-state index in [-0.39, 0.29) is 31.8 Å². The molecule has 33 heavy (non-hydrogen) atoms. The standard InChI is InChI=1S/C21H20BrF3N4O4/c22-20-15(6-8-19(32)33)27-29-10-9-28(12-16(20)29)18(31)11-26-17(30)7-3-13-1-4-14(5-2-13)21(23,24)25/h1-5,7H,6,8-12H2,(H,26,30)(H,32,33)/b7-3+. The number of aromatic nitrogens is 2. The summed E-state index contributed by atoms with van der Waals surface area (Å²) < 4.78 is 40.2. The minimum Gasteiger partial charge on any atom is -0.481 e. The van der Waals surface area contributed by atoms with Crippen LogP contribution in [0, 0.1) is 0 Å². The van der Waals surface area contributed by atoms with Crippen molar-refractivity contribution >= 4 is 39.8 Å². The van der Waals surface area contributed by atoms with E-state index in [2.05, 4.69) is 26.3 Å². The van der Waals surface area contributed by atoms with Gasteiger partial charge < -0.3 is 15.3 Å². The summed E-state index contributed by atoms with van der Waals surface area (Å²) in [5.41, 5.74) is 1.00. The van der Waals surface area contributed by atoms with Crippen LogP contribution in [0.1, 0.15) is 28.9 Å². The van der Waals surface area contributed by atoms with Gasteiger partial charge in [-0.3, -0.25) is 19.1 Å². The van der Waals surface area contributed by atoms with Crippen LogP contribution in [0.25, 0.3) is 6.08 Å².